The number of aromatic hydroxyl groups is 1. The molecule has 0 saturated carbocycles. The van der Waals surface area contributed by atoms with Crippen LogP contribution in [-0.2, 0) is 25.6 Å². The summed E-state index contributed by atoms with van der Waals surface area (Å²) in [5.41, 5.74) is 5.90. The monoisotopic (exact) mass is 426 g/mol. The van der Waals surface area contributed by atoms with Gasteiger partial charge in [0, 0.05) is 6.42 Å². The number of aliphatic carboxylic acids is 1. The van der Waals surface area contributed by atoms with Gasteiger partial charge in [-0.25, -0.2) is 0 Å². The maximum Gasteiger partial charge on any atom is 0.325 e. The molecule has 0 radical (unpaired) electrons. The SMILES string of the molecule is CC(NC(=O)C(Cc1ccc(O)cc1)NC(=O)C(CO)NC(=O)C(N)CO)C(=O)O. The van der Waals surface area contributed by atoms with Crippen LogP contribution in [0.5, 0.6) is 5.75 Å². The molecule has 0 heterocycles. The smallest absolute Gasteiger partial charge is 0.325 e. The second-order valence-corrected chi connectivity index (χ2v) is 6.53. The van der Waals surface area contributed by atoms with Crippen molar-refractivity contribution in [2.24, 2.45) is 5.73 Å². The van der Waals surface area contributed by atoms with Gasteiger partial charge in [0.25, 0.3) is 0 Å². The molecule has 9 N–H and O–H groups in total. The van der Waals surface area contributed by atoms with Gasteiger partial charge in [-0.2, -0.15) is 0 Å². The molecule has 12 heteroatoms. The van der Waals surface area contributed by atoms with E-state index in [0.717, 1.165) is 0 Å². The molecule has 30 heavy (non-hydrogen) atoms. The van der Waals surface area contributed by atoms with Gasteiger partial charge in [0.2, 0.25) is 17.7 Å². The summed E-state index contributed by atoms with van der Waals surface area (Å²) in [6.45, 7) is -0.244. The first-order chi connectivity index (χ1) is 14.1. The first kappa shape index (κ1) is 24.8. The zero-order chi connectivity index (χ0) is 22.8. The summed E-state index contributed by atoms with van der Waals surface area (Å²) in [5.74, 6) is -3.90. The summed E-state index contributed by atoms with van der Waals surface area (Å²) in [4.78, 5) is 47.7. The number of carbonyl (C=O) groups excluding carboxylic acids is 3. The zero-order valence-corrected chi connectivity index (χ0v) is 16.2. The average Bonchev–Trinajstić information content (AvgIpc) is 2.71. The Bertz CT molecular complexity index is 755. The molecular formula is C18H26N4O8. The summed E-state index contributed by atoms with van der Waals surface area (Å²) >= 11 is 0. The number of amides is 3. The van der Waals surface area contributed by atoms with Crippen molar-refractivity contribution in [3.8, 4) is 5.75 Å². The number of carbonyl (C=O) groups is 4. The summed E-state index contributed by atoms with van der Waals surface area (Å²) in [5, 5.41) is 43.4. The number of nitrogens with one attached hydrogen (secondary N) is 3. The molecule has 0 aromatic heterocycles. The molecule has 1 aromatic rings. The van der Waals surface area contributed by atoms with Crippen molar-refractivity contribution in [1.82, 2.24) is 16.0 Å². The first-order valence-corrected chi connectivity index (χ1v) is 8.98. The lowest BCUT2D eigenvalue weighted by molar-refractivity contribution is -0.141. The van der Waals surface area contributed by atoms with Crippen LogP contribution in [0, 0.1) is 0 Å². The Morgan fingerprint density at radius 3 is 1.93 bits per heavy atom. The number of carboxylic acids is 1. The summed E-state index contributed by atoms with van der Waals surface area (Å²) in [6, 6.07) is 0.523. The number of hydrogen-bond acceptors (Lipinski definition) is 8. The number of hydrogen-bond donors (Lipinski definition) is 8. The fraction of sp³-hybridized carbons (Fsp3) is 0.444. The van der Waals surface area contributed by atoms with Crippen molar-refractivity contribution in [3.05, 3.63) is 29.8 Å². The molecule has 0 spiro atoms. The molecule has 166 valence electrons. The van der Waals surface area contributed by atoms with Gasteiger partial charge in [-0.1, -0.05) is 12.1 Å². The Hall–Kier alpha value is -3.22. The van der Waals surface area contributed by atoms with Crippen molar-refractivity contribution in [1.29, 1.82) is 0 Å². The molecule has 12 nitrogen and oxygen atoms in total. The van der Waals surface area contributed by atoms with Gasteiger partial charge in [0.1, 0.15) is 29.9 Å². The second-order valence-electron chi connectivity index (χ2n) is 6.53. The quantitative estimate of drug-likeness (QED) is 0.179. The molecule has 1 rings (SSSR count). The predicted octanol–water partition coefficient (Wildman–Crippen LogP) is -3.19. The fourth-order valence-corrected chi connectivity index (χ4v) is 2.28. The van der Waals surface area contributed by atoms with Crippen LogP contribution in [0.15, 0.2) is 24.3 Å². The highest BCUT2D eigenvalue weighted by molar-refractivity contribution is 5.94. The Balaban J connectivity index is 2.97. The number of phenolic OH excluding ortho intramolecular Hbond substituents is 1. The average molecular weight is 426 g/mol. The molecule has 0 saturated heterocycles. The second kappa shape index (κ2) is 11.7. The Morgan fingerprint density at radius 2 is 1.43 bits per heavy atom. The lowest BCUT2D eigenvalue weighted by Crippen LogP contribution is -2.58. The maximum atomic E-state index is 12.5. The lowest BCUT2D eigenvalue weighted by Gasteiger charge is -2.23. The summed E-state index contributed by atoms with van der Waals surface area (Å²) in [6.07, 6.45) is -0.0631. The van der Waals surface area contributed by atoms with Crippen molar-refractivity contribution in [2.45, 2.75) is 37.5 Å². The van der Waals surface area contributed by atoms with Gasteiger partial charge >= 0.3 is 5.97 Å². The Labute approximate surface area is 172 Å². The highest BCUT2D eigenvalue weighted by atomic mass is 16.4. The lowest BCUT2D eigenvalue weighted by atomic mass is 10.0. The normalized spacial score (nSPS) is 14.7. The molecule has 4 atom stereocenters. The van der Waals surface area contributed by atoms with Crippen LogP contribution in [0.3, 0.4) is 0 Å². The third-order valence-corrected chi connectivity index (χ3v) is 4.09. The van der Waals surface area contributed by atoms with Crippen molar-refractivity contribution < 1.29 is 39.6 Å². The van der Waals surface area contributed by atoms with Crippen LogP contribution in [0.1, 0.15) is 12.5 Å². The standard InChI is InChI=1S/C18H26N4O8/c1-9(18(29)30)20-16(27)13(6-10-2-4-11(25)5-3-10)21-17(28)14(8-24)22-15(26)12(19)7-23/h2-5,9,12-14,23-25H,6-8,19H2,1H3,(H,20,27)(H,21,28)(H,22,26)(H,29,30). The Morgan fingerprint density at radius 1 is 0.900 bits per heavy atom. The molecule has 0 fully saturated rings. The largest absolute Gasteiger partial charge is 0.508 e. The first-order valence-electron chi connectivity index (χ1n) is 8.98. The number of carboxylic acid groups (broad SMARTS) is 1. The number of nitrogens with two attached hydrogens (primary N) is 1. The van der Waals surface area contributed by atoms with Gasteiger partial charge < -0.3 is 42.1 Å². The van der Waals surface area contributed by atoms with Crippen LogP contribution in [0.4, 0.5) is 0 Å². The van der Waals surface area contributed by atoms with Crippen LogP contribution in [0.2, 0.25) is 0 Å². The van der Waals surface area contributed by atoms with Gasteiger partial charge in [-0.05, 0) is 24.6 Å². The van der Waals surface area contributed by atoms with E-state index in [1.807, 2.05) is 0 Å². The minimum absolute atomic E-state index is 0.00781. The summed E-state index contributed by atoms with van der Waals surface area (Å²) in [7, 11) is 0. The van der Waals surface area contributed by atoms with E-state index in [1.165, 1.54) is 31.2 Å². The molecule has 0 aliphatic heterocycles. The molecule has 3 amide bonds. The molecule has 0 aliphatic carbocycles. The summed E-state index contributed by atoms with van der Waals surface area (Å²) < 4.78 is 0. The topological polar surface area (TPSA) is 211 Å². The van der Waals surface area contributed by atoms with Gasteiger partial charge in [-0.3, -0.25) is 19.2 Å². The minimum Gasteiger partial charge on any atom is -0.508 e. The zero-order valence-electron chi connectivity index (χ0n) is 16.2. The van der Waals surface area contributed by atoms with E-state index < -0.39 is 61.1 Å². The fourth-order valence-electron chi connectivity index (χ4n) is 2.28. The number of aliphatic hydroxyl groups is 2. The van der Waals surface area contributed by atoms with Crippen LogP contribution in [-0.4, -0.2) is 81.5 Å². The highest BCUT2D eigenvalue weighted by Gasteiger charge is 2.29. The predicted molar refractivity (Wildman–Crippen MR) is 103 cm³/mol. The number of aliphatic hydroxyl groups excluding tert-OH is 2. The van der Waals surface area contributed by atoms with E-state index in [4.69, 9.17) is 15.9 Å². The van der Waals surface area contributed by atoms with Gasteiger partial charge in [-0.15, -0.1) is 0 Å². The molecule has 0 aliphatic rings. The van der Waals surface area contributed by atoms with E-state index in [9.17, 15) is 29.4 Å². The third kappa shape index (κ3) is 7.66. The van der Waals surface area contributed by atoms with E-state index in [1.54, 1.807) is 0 Å². The van der Waals surface area contributed by atoms with Crippen molar-refractivity contribution >= 4 is 23.7 Å². The van der Waals surface area contributed by atoms with E-state index >= 15 is 0 Å². The highest BCUT2D eigenvalue weighted by Crippen LogP contribution is 2.11. The number of benzene rings is 1. The van der Waals surface area contributed by atoms with Crippen molar-refractivity contribution in [2.75, 3.05) is 13.2 Å². The maximum absolute atomic E-state index is 12.5. The molecule has 1 aromatic carbocycles. The van der Waals surface area contributed by atoms with E-state index in [2.05, 4.69) is 16.0 Å². The Kier molecular flexibility index (Phi) is 9.68. The van der Waals surface area contributed by atoms with Crippen LogP contribution < -0.4 is 21.7 Å². The molecule has 4 unspecified atom stereocenters. The van der Waals surface area contributed by atoms with Crippen LogP contribution in [0.25, 0.3) is 0 Å². The van der Waals surface area contributed by atoms with Gasteiger partial charge in [0.15, 0.2) is 0 Å². The van der Waals surface area contributed by atoms with Crippen molar-refractivity contribution in [3.63, 3.8) is 0 Å². The van der Waals surface area contributed by atoms with Crippen LogP contribution >= 0.6 is 0 Å². The van der Waals surface area contributed by atoms with Gasteiger partial charge in [0.05, 0.1) is 13.2 Å². The van der Waals surface area contributed by atoms with E-state index in [0.29, 0.717) is 5.56 Å². The third-order valence-electron chi connectivity index (χ3n) is 4.09. The van der Waals surface area contributed by atoms with E-state index in [-0.39, 0.29) is 12.2 Å². The minimum atomic E-state index is -1.46. The number of rotatable bonds is 11. The molecular weight excluding hydrogens is 400 g/mol. The number of phenols is 1. The molecule has 0 bridgehead atoms.